The summed E-state index contributed by atoms with van der Waals surface area (Å²) in [4.78, 5) is 39.8. The molecule has 1 unspecified atom stereocenters. The average molecular weight is 376 g/mol. The van der Waals surface area contributed by atoms with E-state index in [2.05, 4.69) is 0 Å². The van der Waals surface area contributed by atoms with E-state index in [4.69, 9.17) is 9.47 Å². The lowest BCUT2D eigenvalue weighted by Gasteiger charge is -2.32. The molecule has 146 valence electrons. The molecular formula is C19H24N2O6. The molecule has 2 amide bonds. The molecule has 1 aromatic rings. The summed E-state index contributed by atoms with van der Waals surface area (Å²) in [5.74, 6) is -1.07. The van der Waals surface area contributed by atoms with E-state index in [1.807, 2.05) is 0 Å². The number of ether oxygens (including phenoxy) is 2. The Morgan fingerprint density at radius 1 is 1.15 bits per heavy atom. The van der Waals surface area contributed by atoms with Crippen LogP contribution in [0.3, 0.4) is 0 Å². The Kier molecular flexibility index (Phi) is 5.53. The monoisotopic (exact) mass is 376 g/mol. The van der Waals surface area contributed by atoms with E-state index in [0.717, 1.165) is 0 Å². The number of likely N-dealkylation sites (tertiary alicyclic amines) is 1. The van der Waals surface area contributed by atoms with Gasteiger partial charge in [-0.25, -0.2) is 0 Å². The van der Waals surface area contributed by atoms with Crippen LogP contribution in [0.1, 0.15) is 19.3 Å². The minimum Gasteiger partial charge on any atom is -0.497 e. The number of rotatable bonds is 5. The smallest absolute Gasteiger partial charge is 0.308 e. The van der Waals surface area contributed by atoms with Crippen molar-refractivity contribution in [1.29, 1.82) is 0 Å². The zero-order valence-corrected chi connectivity index (χ0v) is 15.5. The number of hydrogen-bond donors (Lipinski definition) is 1. The zero-order valence-electron chi connectivity index (χ0n) is 15.5. The quantitative estimate of drug-likeness (QED) is 0.834. The van der Waals surface area contributed by atoms with Crippen LogP contribution in [0.4, 0.5) is 5.69 Å². The number of carbonyl (C=O) groups is 3. The number of piperidine rings is 1. The van der Waals surface area contributed by atoms with E-state index in [1.165, 1.54) is 7.11 Å². The van der Waals surface area contributed by atoms with Gasteiger partial charge in [-0.3, -0.25) is 14.4 Å². The molecule has 2 saturated heterocycles. The predicted molar refractivity (Wildman–Crippen MR) is 96.9 cm³/mol. The molecule has 27 heavy (non-hydrogen) atoms. The Bertz CT molecular complexity index is 750. The summed E-state index contributed by atoms with van der Waals surface area (Å²) in [6.45, 7) is 1.01. The first-order chi connectivity index (χ1) is 12.9. The molecule has 8 nitrogen and oxygen atoms in total. The fourth-order valence-electron chi connectivity index (χ4n) is 3.75. The Morgan fingerprint density at radius 3 is 2.59 bits per heavy atom. The van der Waals surface area contributed by atoms with Gasteiger partial charge in [-0.2, -0.15) is 0 Å². The molecule has 0 saturated carbocycles. The number of amides is 2. The molecule has 0 aliphatic carbocycles. The molecule has 1 N–H and O–H groups in total. The van der Waals surface area contributed by atoms with Crippen molar-refractivity contribution >= 4 is 23.5 Å². The first-order valence-electron chi connectivity index (χ1n) is 8.98. The van der Waals surface area contributed by atoms with E-state index >= 15 is 0 Å². The lowest BCUT2D eigenvalue weighted by Crippen LogP contribution is -2.45. The van der Waals surface area contributed by atoms with Gasteiger partial charge in [0.25, 0.3) is 0 Å². The van der Waals surface area contributed by atoms with Crippen LogP contribution in [-0.4, -0.2) is 61.6 Å². The third kappa shape index (κ3) is 3.84. The van der Waals surface area contributed by atoms with Gasteiger partial charge in [-0.15, -0.1) is 0 Å². The fraction of sp³-hybridized carbons (Fsp3) is 0.526. The van der Waals surface area contributed by atoms with E-state index in [1.54, 1.807) is 35.1 Å². The van der Waals surface area contributed by atoms with E-state index < -0.39 is 17.8 Å². The summed E-state index contributed by atoms with van der Waals surface area (Å²) in [6, 6.07) is 5.17. The highest BCUT2D eigenvalue weighted by Gasteiger charge is 2.39. The lowest BCUT2D eigenvalue weighted by atomic mass is 9.96. The molecule has 2 atom stereocenters. The summed E-state index contributed by atoms with van der Waals surface area (Å²) in [6.07, 6.45) is 1.36. The van der Waals surface area contributed by atoms with Gasteiger partial charge in [0, 0.05) is 32.1 Å². The van der Waals surface area contributed by atoms with Gasteiger partial charge in [0.15, 0.2) is 0 Å². The number of carbonyl (C=O) groups excluding carboxylic acids is 2. The van der Waals surface area contributed by atoms with E-state index in [0.29, 0.717) is 36.6 Å². The van der Waals surface area contributed by atoms with Gasteiger partial charge in [-0.1, -0.05) is 0 Å². The second-order valence-electron chi connectivity index (χ2n) is 6.90. The molecule has 2 heterocycles. The highest BCUT2D eigenvalue weighted by Crippen LogP contribution is 2.36. The minimum atomic E-state index is -0.875. The third-order valence-electron chi connectivity index (χ3n) is 5.23. The van der Waals surface area contributed by atoms with Crippen molar-refractivity contribution in [3.63, 3.8) is 0 Å². The standard InChI is InChI=1S/C19H24N2O6/c1-26-14-5-6-15(16(9-14)27-2)21-11-13(8-17(21)22)18(23)20-7-3-4-12(10-20)19(24)25/h5-6,9,12-13H,3-4,7-8,10-11H2,1-2H3,(H,24,25)/t12-,13?/m0/s1. The maximum atomic E-state index is 12.8. The first-order valence-corrected chi connectivity index (χ1v) is 8.98. The molecule has 0 bridgehead atoms. The van der Waals surface area contributed by atoms with Crippen LogP contribution in [0.5, 0.6) is 11.5 Å². The van der Waals surface area contributed by atoms with Crippen LogP contribution in [0, 0.1) is 11.8 Å². The minimum absolute atomic E-state index is 0.113. The average Bonchev–Trinajstić information content (AvgIpc) is 3.08. The lowest BCUT2D eigenvalue weighted by molar-refractivity contribution is -0.146. The summed E-state index contributed by atoms with van der Waals surface area (Å²) >= 11 is 0. The molecule has 1 aromatic carbocycles. The summed E-state index contributed by atoms with van der Waals surface area (Å²) in [5.41, 5.74) is 0.598. The maximum absolute atomic E-state index is 12.8. The molecule has 2 aliphatic rings. The normalized spacial score (nSPS) is 22.7. The topological polar surface area (TPSA) is 96.4 Å². The van der Waals surface area contributed by atoms with Gasteiger partial charge >= 0.3 is 5.97 Å². The van der Waals surface area contributed by atoms with Gasteiger partial charge in [0.05, 0.1) is 31.7 Å². The molecule has 0 aromatic heterocycles. The molecule has 0 radical (unpaired) electrons. The second-order valence-corrected chi connectivity index (χ2v) is 6.90. The van der Waals surface area contributed by atoms with Gasteiger partial charge in [-0.05, 0) is 25.0 Å². The number of carboxylic acids is 1. The predicted octanol–water partition coefficient (Wildman–Crippen LogP) is 1.38. The van der Waals surface area contributed by atoms with Crippen LogP contribution >= 0.6 is 0 Å². The van der Waals surface area contributed by atoms with Gasteiger partial charge < -0.3 is 24.4 Å². The largest absolute Gasteiger partial charge is 0.497 e. The van der Waals surface area contributed by atoms with Crippen molar-refractivity contribution in [3.05, 3.63) is 18.2 Å². The van der Waals surface area contributed by atoms with Crippen LogP contribution in [0.25, 0.3) is 0 Å². The van der Waals surface area contributed by atoms with E-state index in [-0.39, 0.29) is 31.3 Å². The molecule has 2 fully saturated rings. The number of hydrogen-bond acceptors (Lipinski definition) is 5. The summed E-state index contributed by atoms with van der Waals surface area (Å²) in [5, 5.41) is 9.21. The highest BCUT2D eigenvalue weighted by molar-refractivity contribution is 6.01. The maximum Gasteiger partial charge on any atom is 0.308 e. The van der Waals surface area contributed by atoms with Crippen molar-refractivity contribution in [2.75, 3.05) is 38.8 Å². The van der Waals surface area contributed by atoms with Crippen LogP contribution < -0.4 is 14.4 Å². The number of carboxylic acid groups (broad SMARTS) is 1. The Morgan fingerprint density at radius 2 is 1.93 bits per heavy atom. The molecule has 2 aliphatic heterocycles. The third-order valence-corrected chi connectivity index (χ3v) is 5.23. The second kappa shape index (κ2) is 7.85. The van der Waals surface area contributed by atoms with Gasteiger partial charge in [0.2, 0.25) is 11.8 Å². The zero-order chi connectivity index (χ0) is 19.6. The summed E-state index contributed by atoms with van der Waals surface area (Å²) < 4.78 is 10.5. The van der Waals surface area contributed by atoms with Crippen molar-refractivity contribution in [3.8, 4) is 11.5 Å². The van der Waals surface area contributed by atoms with Crippen molar-refractivity contribution in [1.82, 2.24) is 4.90 Å². The Hall–Kier alpha value is -2.77. The summed E-state index contributed by atoms with van der Waals surface area (Å²) in [7, 11) is 3.06. The number of anilines is 1. The van der Waals surface area contributed by atoms with Crippen LogP contribution in [0.2, 0.25) is 0 Å². The number of methoxy groups -OCH3 is 2. The molecule has 8 heteroatoms. The Balaban J connectivity index is 1.74. The van der Waals surface area contributed by atoms with Crippen molar-refractivity contribution in [2.45, 2.75) is 19.3 Å². The molecular weight excluding hydrogens is 352 g/mol. The van der Waals surface area contributed by atoms with Crippen LogP contribution in [0.15, 0.2) is 18.2 Å². The molecule has 3 rings (SSSR count). The number of benzene rings is 1. The number of nitrogens with zero attached hydrogens (tertiary/aromatic N) is 2. The highest BCUT2D eigenvalue weighted by atomic mass is 16.5. The first kappa shape index (κ1) is 19.0. The van der Waals surface area contributed by atoms with Crippen molar-refractivity contribution in [2.24, 2.45) is 11.8 Å². The number of aliphatic carboxylic acids is 1. The fourth-order valence-corrected chi connectivity index (χ4v) is 3.75. The SMILES string of the molecule is COc1ccc(N2CC(C(=O)N3CCC[C@H](C(=O)O)C3)CC2=O)c(OC)c1. The van der Waals surface area contributed by atoms with Crippen molar-refractivity contribution < 1.29 is 29.0 Å². The Labute approximate surface area is 157 Å². The van der Waals surface area contributed by atoms with E-state index in [9.17, 15) is 19.5 Å². The van der Waals surface area contributed by atoms with Crippen LogP contribution in [-0.2, 0) is 14.4 Å². The molecule has 0 spiro atoms. The van der Waals surface area contributed by atoms with Gasteiger partial charge in [0.1, 0.15) is 11.5 Å².